The van der Waals surface area contributed by atoms with Crippen LogP contribution in [0.5, 0.6) is 0 Å². The second-order valence-electron chi connectivity index (χ2n) is 8.82. The van der Waals surface area contributed by atoms with Crippen LogP contribution >= 0.6 is 15.9 Å². The standard InChI is InChI=1S/C23H33BrN2O4/c1-15(17-10-9-13-26(14-17)22(28)30-23(3,4)5)25-16(2)20(21(27)29-6)18-11-7-8-12-19(18)24/h7-8,11-12,15,17,20H,9-10,13-14H2,1-6H3. The molecule has 0 spiro atoms. The van der Waals surface area contributed by atoms with Crippen LogP contribution < -0.4 is 0 Å². The van der Waals surface area contributed by atoms with Gasteiger partial charge in [0.2, 0.25) is 0 Å². The number of hydrogen-bond donors (Lipinski definition) is 0. The fourth-order valence-electron chi connectivity index (χ4n) is 3.75. The van der Waals surface area contributed by atoms with Crippen molar-refractivity contribution in [2.75, 3.05) is 20.2 Å². The van der Waals surface area contributed by atoms with Crippen molar-refractivity contribution >= 4 is 33.7 Å². The summed E-state index contributed by atoms with van der Waals surface area (Å²) in [5.41, 5.74) is 1.02. The summed E-state index contributed by atoms with van der Waals surface area (Å²) in [7, 11) is 1.39. The van der Waals surface area contributed by atoms with E-state index in [0.29, 0.717) is 18.8 Å². The summed E-state index contributed by atoms with van der Waals surface area (Å²) in [6.07, 6.45) is 1.61. The molecule has 3 atom stereocenters. The van der Waals surface area contributed by atoms with Crippen molar-refractivity contribution in [3.05, 3.63) is 34.3 Å². The number of amides is 1. The SMILES string of the molecule is COC(=O)C(C(C)=NC(C)C1CCCN(C(=O)OC(C)(C)C)C1)c1ccccc1Br. The first-order chi connectivity index (χ1) is 14.0. The number of carbonyl (C=O) groups is 2. The maximum atomic E-state index is 12.5. The smallest absolute Gasteiger partial charge is 0.410 e. The third-order valence-electron chi connectivity index (χ3n) is 5.27. The predicted molar refractivity (Wildman–Crippen MR) is 122 cm³/mol. The fraction of sp³-hybridized carbons (Fsp3) is 0.609. The molecule has 0 aromatic heterocycles. The molecule has 1 saturated heterocycles. The van der Waals surface area contributed by atoms with Crippen molar-refractivity contribution in [1.82, 2.24) is 4.90 Å². The summed E-state index contributed by atoms with van der Waals surface area (Å²) in [5.74, 6) is -0.702. The molecular weight excluding hydrogens is 448 g/mol. The van der Waals surface area contributed by atoms with Gasteiger partial charge in [0.05, 0.1) is 13.2 Å². The highest BCUT2D eigenvalue weighted by molar-refractivity contribution is 9.10. The molecule has 1 heterocycles. The highest BCUT2D eigenvalue weighted by Gasteiger charge is 2.32. The van der Waals surface area contributed by atoms with Gasteiger partial charge in [0.25, 0.3) is 0 Å². The van der Waals surface area contributed by atoms with Crippen LogP contribution in [0.4, 0.5) is 4.79 Å². The van der Waals surface area contributed by atoms with Gasteiger partial charge in [-0.1, -0.05) is 34.1 Å². The number of aliphatic imine (C=N–C) groups is 1. The van der Waals surface area contributed by atoms with Crippen LogP contribution in [0, 0.1) is 5.92 Å². The molecule has 30 heavy (non-hydrogen) atoms. The molecule has 0 aliphatic carbocycles. The van der Waals surface area contributed by atoms with E-state index in [9.17, 15) is 9.59 Å². The van der Waals surface area contributed by atoms with Crippen molar-refractivity contribution in [2.45, 2.75) is 65.0 Å². The maximum Gasteiger partial charge on any atom is 0.410 e. The van der Waals surface area contributed by atoms with Gasteiger partial charge in [-0.2, -0.15) is 0 Å². The van der Waals surface area contributed by atoms with Crippen molar-refractivity contribution in [3.63, 3.8) is 0 Å². The number of carbonyl (C=O) groups excluding carboxylic acids is 2. The Morgan fingerprint density at radius 3 is 2.53 bits per heavy atom. The number of methoxy groups -OCH3 is 1. The van der Waals surface area contributed by atoms with Gasteiger partial charge in [-0.05, 0) is 65.0 Å². The van der Waals surface area contributed by atoms with Gasteiger partial charge in [-0.15, -0.1) is 0 Å². The quantitative estimate of drug-likeness (QED) is 0.428. The second-order valence-corrected chi connectivity index (χ2v) is 9.67. The number of benzene rings is 1. The number of esters is 1. The van der Waals surface area contributed by atoms with Crippen molar-refractivity contribution in [2.24, 2.45) is 10.9 Å². The number of nitrogens with zero attached hydrogens (tertiary/aromatic N) is 2. The van der Waals surface area contributed by atoms with Crippen LogP contribution in [0.2, 0.25) is 0 Å². The molecule has 1 aromatic carbocycles. The van der Waals surface area contributed by atoms with E-state index in [1.165, 1.54) is 7.11 Å². The lowest BCUT2D eigenvalue weighted by Gasteiger charge is -2.35. The lowest BCUT2D eigenvalue weighted by Crippen LogP contribution is -2.45. The van der Waals surface area contributed by atoms with Crippen LogP contribution in [0.1, 0.15) is 58.9 Å². The number of likely N-dealkylation sites (tertiary alicyclic amines) is 1. The molecular formula is C23H33BrN2O4. The average Bonchev–Trinajstić information content (AvgIpc) is 2.68. The number of hydrogen-bond acceptors (Lipinski definition) is 5. The van der Waals surface area contributed by atoms with Crippen LogP contribution in [0.15, 0.2) is 33.7 Å². The third-order valence-corrected chi connectivity index (χ3v) is 5.99. The Morgan fingerprint density at radius 2 is 1.93 bits per heavy atom. The Kier molecular flexibility index (Phi) is 8.47. The van der Waals surface area contributed by atoms with Crippen molar-refractivity contribution in [3.8, 4) is 0 Å². The summed E-state index contributed by atoms with van der Waals surface area (Å²) < 4.78 is 11.4. The van der Waals surface area contributed by atoms with Crippen LogP contribution in [-0.4, -0.2) is 54.5 Å². The molecule has 0 saturated carbocycles. The topological polar surface area (TPSA) is 68.2 Å². The van der Waals surface area contributed by atoms with Gasteiger partial charge >= 0.3 is 12.1 Å². The first kappa shape index (κ1) is 24.4. The predicted octanol–water partition coefficient (Wildman–Crippen LogP) is 5.20. The highest BCUT2D eigenvalue weighted by Crippen LogP contribution is 2.29. The molecule has 2 rings (SSSR count). The van der Waals surface area contributed by atoms with Crippen LogP contribution in [-0.2, 0) is 14.3 Å². The third kappa shape index (κ3) is 6.56. The normalized spacial score (nSPS) is 19.8. The summed E-state index contributed by atoms with van der Waals surface area (Å²) in [4.78, 5) is 31.7. The Labute approximate surface area is 188 Å². The zero-order chi connectivity index (χ0) is 22.5. The zero-order valence-corrected chi connectivity index (χ0v) is 20.4. The molecule has 1 aromatic rings. The molecule has 1 fully saturated rings. The van der Waals surface area contributed by atoms with Gasteiger partial charge in [0, 0.05) is 23.3 Å². The summed E-state index contributed by atoms with van der Waals surface area (Å²) in [5, 5.41) is 0. The molecule has 7 heteroatoms. The highest BCUT2D eigenvalue weighted by atomic mass is 79.9. The maximum absolute atomic E-state index is 12.5. The average molecular weight is 481 g/mol. The summed E-state index contributed by atoms with van der Waals surface area (Å²) in [6.45, 7) is 10.8. The summed E-state index contributed by atoms with van der Waals surface area (Å²) in [6, 6.07) is 7.57. The minimum absolute atomic E-state index is 0.0371. The molecule has 166 valence electrons. The lowest BCUT2D eigenvalue weighted by atomic mass is 9.90. The Bertz CT molecular complexity index is 788. The van der Waals surface area contributed by atoms with E-state index < -0.39 is 11.5 Å². The van der Waals surface area contributed by atoms with E-state index in [-0.39, 0.29) is 24.0 Å². The van der Waals surface area contributed by atoms with Gasteiger partial charge < -0.3 is 14.4 Å². The fourth-order valence-corrected chi connectivity index (χ4v) is 4.26. The minimum Gasteiger partial charge on any atom is -0.468 e. The van der Waals surface area contributed by atoms with Crippen molar-refractivity contribution < 1.29 is 19.1 Å². The second kappa shape index (κ2) is 10.4. The monoisotopic (exact) mass is 480 g/mol. The number of rotatable bonds is 5. The van der Waals surface area contributed by atoms with E-state index in [2.05, 4.69) is 15.9 Å². The van der Waals surface area contributed by atoms with Gasteiger partial charge in [0.15, 0.2) is 0 Å². The van der Waals surface area contributed by atoms with Gasteiger partial charge in [-0.25, -0.2) is 4.79 Å². The molecule has 3 unspecified atom stereocenters. The van der Waals surface area contributed by atoms with Crippen LogP contribution in [0.25, 0.3) is 0 Å². The largest absolute Gasteiger partial charge is 0.468 e. The minimum atomic E-state index is -0.571. The first-order valence-electron chi connectivity index (χ1n) is 10.4. The molecule has 0 N–H and O–H groups in total. The summed E-state index contributed by atoms with van der Waals surface area (Å²) >= 11 is 3.53. The molecule has 0 bridgehead atoms. The van der Waals surface area contributed by atoms with E-state index in [4.69, 9.17) is 14.5 Å². The number of ether oxygens (including phenoxy) is 2. The molecule has 0 radical (unpaired) electrons. The van der Waals surface area contributed by atoms with E-state index >= 15 is 0 Å². The van der Waals surface area contributed by atoms with Crippen molar-refractivity contribution in [1.29, 1.82) is 0 Å². The lowest BCUT2D eigenvalue weighted by molar-refractivity contribution is -0.140. The first-order valence-corrected chi connectivity index (χ1v) is 11.2. The molecule has 1 amide bonds. The molecule has 6 nitrogen and oxygen atoms in total. The van der Waals surface area contributed by atoms with E-state index in [1.807, 2.05) is 58.9 Å². The Hall–Kier alpha value is -1.89. The Morgan fingerprint density at radius 1 is 1.27 bits per heavy atom. The molecule has 1 aliphatic heterocycles. The van der Waals surface area contributed by atoms with E-state index in [0.717, 1.165) is 22.9 Å². The van der Waals surface area contributed by atoms with Crippen LogP contribution in [0.3, 0.4) is 0 Å². The number of halogens is 1. The molecule has 1 aliphatic rings. The number of piperidine rings is 1. The zero-order valence-electron chi connectivity index (χ0n) is 18.8. The van der Waals surface area contributed by atoms with Gasteiger partial charge in [0.1, 0.15) is 11.5 Å². The van der Waals surface area contributed by atoms with Gasteiger partial charge in [-0.3, -0.25) is 9.79 Å². The van der Waals surface area contributed by atoms with E-state index in [1.54, 1.807) is 4.90 Å². The Balaban J connectivity index is 2.18.